The van der Waals surface area contributed by atoms with Gasteiger partial charge >= 0.3 is 0 Å². The molecule has 1 amide bonds. The molecule has 23 heavy (non-hydrogen) atoms. The summed E-state index contributed by atoms with van der Waals surface area (Å²) in [5.74, 6) is 1.41. The van der Waals surface area contributed by atoms with Crippen molar-refractivity contribution in [1.29, 1.82) is 0 Å². The third-order valence-corrected chi connectivity index (χ3v) is 4.41. The highest BCUT2D eigenvalue weighted by Crippen LogP contribution is 2.15. The number of carbonyl (C=O) groups excluding carboxylic acids is 1. The van der Waals surface area contributed by atoms with Crippen LogP contribution in [0.2, 0.25) is 0 Å². The lowest BCUT2D eigenvalue weighted by molar-refractivity contribution is -0.118. The van der Waals surface area contributed by atoms with Gasteiger partial charge in [-0.25, -0.2) is 0 Å². The maximum absolute atomic E-state index is 11.8. The second kappa shape index (κ2) is 10.1. The van der Waals surface area contributed by atoms with Crippen LogP contribution in [0.4, 0.5) is 0 Å². The molecular formula is C19H23NO2S. The Balaban J connectivity index is 1.53. The molecule has 0 saturated carbocycles. The molecule has 0 aliphatic carbocycles. The van der Waals surface area contributed by atoms with Gasteiger partial charge in [-0.3, -0.25) is 4.79 Å². The highest BCUT2D eigenvalue weighted by molar-refractivity contribution is 7.99. The van der Waals surface area contributed by atoms with Crippen LogP contribution in [-0.2, 0) is 21.9 Å². The number of thioether (sulfide) groups is 1. The normalized spacial score (nSPS) is 10.5. The van der Waals surface area contributed by atoms with E-state index in [-0.39, 0.29) is 5.91 Å². The van der Waals surface area contributed by atoms with E-state index in [1.165, 1.54) is 11.1 Å². The molecule has 4 heteroatoms. The SMILES string of the molecule is Cc1ccccc1CSCC(=O)NCCOCc1ccccc1. The Morgan fingerprint density at radius 2 is 1.83 bits per heavy atom. The zero-order chi connectivity index (χ0) is 16.3. The number of rotatable bonds is 9. The van der Waals surface area contributed by atoms with Crippen LogP contribution in [0.5, 0.6) is 0 Å². The minimum absolute atomic E-state index is 0.0619. The molecule has 0 heterocycles. The Bertz CT molecular complexity index is 601. The Morgan fingerprint density at radius 3 is 2.61 bits per heavy atom. The highest BCUT2D eigenvalue weighted by Gasteiger charge is 2.03. The third kappa shape index (κ3) is 6.89. The van der Waals surface area contributed by atoms with Gasteiger partial charge in [-0.05, 0) is 23.6 Å². The maximum atomic E-state index is 11.8. The van der Waals surface area contributed by atoms with E-state index in [1.807, 2.05) is 42.5 Å². The molecule has 2 rings (SSSR count). The first-order chi connectivity index (χ1) is 11.3. The van der Waals surface area contributed by atoms with Crippen LogP contribution in [0, 0.1) is 6.92 Å². The van der Waals surface area contributed by atoms with Crippen molar-refractivity contribution in [2.45, 2.75) is 19.3 Å². The monoisotopic (exact) mass is 329 g/mol. The van der Waals surface area contributed by atoms with Crippen molar-refractivity contribution in [3.8, 4) is 0 Å². The standard InChI is InChI=1S/C19H23NO2S/c1-16-7-5-6-10-18(16)14-23-15-19(21)20-11-12-22-13-17-8-3-2-4-9-17/h2-10H,11-15H2,1H3,(H,20,21). The smallest absolute Gasteiger partial charge is 0.230 e. The average molecular weight is 329 g/mol. The first-order valence-corrected chi connectivity index (χ1v) is 8.92. The van der Waals surface area contributed by atoms with Crippen molar-refractivity contribution in [2.75, 3.05) is 18.9 Å². The van der Waals surface area contributed by atoms with Crippen molar-refractivity contribution in [1.82, 2.24) is 5.32 Å². The molecule has 0 fully saturated rings. The van der Waals surface area contributed by atoms with Crippen LogP contribution >= 0.6 is 11.8 Å². The van der Waals surface area contributed by atoms with E-state index in [9.17, 15) is 4.79 Å². The predicted molar refractivity (Wildman–Crippen MR) is 96.4 cm³/mol. The van der Waals surface area contributed by atoms with Crippen LogP contribution in [0.3, 0.4) is 0 Å². The fourth-order valence-electron chi connectivity index (χ4n) is 2.10. The summed E-state index contributed by atoms with van der Waals surface area (Å²) in [6.07, 6.45) is 0. The van der Waals surface area contributed by atoms with E-state index in [0.29, 0.717) is 25.5 Å². The molecule has 0 bridgehead atoms. The van der Waals surface area contributed by atoms with E-state index < -0.39 is 0 Å². The minimum Gasteiger partial charge on any atom is -0.375 e. The highest BCUT2D eigenvalue weighted by atomic mass is 32.2. The number of carbonyl (C=O) groups is 1. The molecule has 0 spiro atoms. The Hall–Kier alpha value is -1.78. The predicted octanol–water partition coefficient (Wildman–Crippen LogP) is 3.56. The molecular weight excluding hydrogens is 306 g/mol. The molecule has 0 aliphatic rings. The van der Waals surface area contributed by atoms with Gasteiger partial charge in [0.1, 0.15) is 0 Å². The summed E-state index contributed by atoms with van der Waals surface area (Å²) in [7, 11) is 0. The van der Waals surface area contributed by atoms with Gasteiger partial charge in [-0.1, -0.05) is 54.6 Å². The molecule has 0 aliphatic heterocycles. The fourth-order valence-corrected chi connectivity index (χ4v) is 3.04. The average Bonchev–Trinajstić information content (AvgIpc) is 2.57. The summed E-state index contributed by atoms with van der Waals surface area (Å²) in [5, 5.41) is 2.89. The largest absolute Gasteiger partial charge is 0.375 e. The summed E-state index contributed by atoms with van der Waals surface area (Å²) >= 11 is 1.64. The zero-order valence-electron chi connectivity index (χ0n) is 13.5. The number of hydrogen-bond donors (Lipinski definition) is 1. The van der Waals surface area contributed by atoms with Crippen molar-refractivity contribution in [3.63, 3.8) is 0 Å². The summed E-state index contributed by atoms with van der Waals surface area (Å²) in [6.45, 7) is 3.76. The van der Waals surface area contributed by atoms with Gasteiger partial charge in [0.05, 0.1) is 19.0 Å². The van der Waals surface area contributed by atoms with Crippen molar-refractivity contribution >= 4 is 17.7 Å². The zero-order valence-corrected chi connectivity index (χ0v) is 14.3. The van der Waals surface area contributed by atoms with Crippen molar-refractivity contribution < 1.29 is 9.53 Å². The van der Waals surface area contributed by atoms with Gasteiger partial charge in [-0.15, -0.1) is 11.8 Å². The van der Waals surface area contributed by atoms with Gasteiger partial charge in [0, 0.05) is 12.3 Å². The van der Waals surface area contributed by atoms with Crippen LogP contribution in [0.1, 0.15) is 16.7 Å². The summed E-state index contributed by atoms with van der Waals surface area (Å²) in [4.78, 5) is 11.8. The van der Waals surface area contributed by atoms with Crippen molar-refractivity contribution in [2.24, 2.45) is 0 Å². The lowest BCUT2D eigenvalue weighted by atomic mass is 10.1. The van der Waals surface area contributed by atoms with Crippen LogP contribution in [0.25, 0.3) is 0 Å². The first-order valence-electron chi connectivity index (χ1n) is 7.76. The van der Waals surface area contributed by atoms with E-state index in [0.717, 1.165) is 11.3 Å². The molecule has 2 aromatic rings. The summed E-state index contributed by atoms with van der Waals surface area (Å²) < 4.78 is 5.54. The van der Waals surface area contributed by atoms with Crippen molar-refractivity contribution in [3.05, 3.63) is 71.3 Å². The van der Waals surface area contributed by atoms with Gasteiger partial charge in [0.25, 0.3) is 0 Å². The lowest BCUT2D eigenvalue weighted by Crippen LogP contribution is -2.28. The number of ether oxygens (including phenoxy) is 1. The molecule has 0 saturated heterocycles. The number of hydrogen-bond acceptors (Lipinski definition) is 3. The quantitative estimate of drug-likeness (QED) is 0.715. The number of amides is 1. The maximum Gasteiger partial charge on any atom is 0.230 e. The molecule has 122 valence electrons. The molecule has 1 N–H and O–H groups in total. The van der Waals surface area contributed by atoms with Crippen LogP contribution < -0.4 is 5.32 Å². The Labute approximate surface area is 142 Å². The fraction of sp³-hybridized carbons (Fsp3) is 0.316. The Kier molecular flexibility index (Phi) is 7.70. The summed E-state index contributed by atoms with van der Waals surface area (Å²) in [6, 6.07) is 18.3. The number of nitrogens with one attached hydrogen (secondary N) is 1. The van der Waals surface area contributed by atoms with Gasteiger partial charge in [0.15, 0.2) is 0 Å². The van der Waals surface area contributed by atoms with E-state index in [4.69, 9.17) is 4.74 Å². The minimum atomic E-state index is 0.0619. The number of benzene rings is 2. The summed E-state index contributed by atoms with van der Waals surface area (Å²) in [5.41, 5.74) is 3.71. The molecule has 0 aromatic heterocycles. The second-order valence-corrected chi connectivity index (χ2v) is 6.29. The lowest BCUT2D eigenvalue weighted by Gasteiger charge is -2.07. The third-order valence-electron chi connectivity index (χ3n) is 3.43. The first kappa shape index (κ1) is 17.6. The van der Waals surface area contributed by atoms with Crippen LogP contribution in [-0.4, -0.2) is 24.8 Å². The van der Waals surface area contributed by atoms with Gasteiger partial charge in [0.2, 0.25) is 5.91 Å². The molecule has 0 atom stereocenters. The molecule has 0 radical (unpaired) electrons. The second-order valence-electron chi connectivity index (χ2n) is 5.31. The molecule has 0 unspecified atom stereocenters. The van der Waals surface area contributed by atoms with Gasteiger partial charge < -0.3 is 10.1 Å². The van der Waals surface area contributed by atoms with Gasteiger partial charge in [-0.2, -0.15) is 0 Å². The topological polar surface area (TPSA) is 38.3 Å². The molecule has 3 nitrogen and oxygen atoms in total. The molecule has 2 aromatic carbocycles. The van der Waals surface area contributed by atoms with E-state index in [1.54, 1.807) is 11.8 Å². The van der Waals surface area contributed by atoms with E-state index >= 15 is 0 Å². The Morgan fingerprint density at radius 1 is 1.09 bits per heavy atom. The van der Waals surface area contributed by atoms with E-state index in [2.05, 4.69) is 24.4 Å². The number of aryl methyl sites for hydroxylation is 1. The van der Waals surface area contributed by atoms with Crippen LogP contribution in [0.15, 0.2) is 54.6 Å².